The highest BCUT2D eigenvalue weighted by Gasteiger charge is 2.13. The second kappa shape index (κ2) is 11.5. The number of para-hydroxylation sites is 2. The normalized spacial score (nSPS) is 10.5. The molecule has 0 spiro atoms. The SMILES string of the molecule is O=C(CCCCCCCNC(=O)c1cccc(O)c1O)NCc1cccc(O)c1O. The lowest BCUT2D eigenvalue weighted by molar-refractivity contribution is -0.121. The topological polar surface area (TPSA) is 139 Å². The van der Waals surface area contributed by atoms with Crippen molar-refractivity contribution < 1.29 is 30.0 Å². The van der Waals surface area contributed by atoms with Crippen LogP contribution in [0.1, 0.15) is 54.4 Å². The van der Waals surface area contributed by atoms with Crippen LogP contribution < -0.4 is 10.6 Å². The first-order chi connectivity index (χ1) is 14.4. The molecule has 2 rings (SSSR count). The van der Waals surface area contributed by atoms with Crippen LogP contribution in [-0.2, 0) is 11.3 Å². The van der Waals surface area contributed by atoms with Gasteiger partial charge in [0.25, 0.3) is 5.91 Å². The molecule has 0 aliphatic heterocycles. The van der Waals surface area contributed by atoms with Gasteiger partial charge in [0.05, 0.1) is 5.56 Å². The Hall–Kier alpha value is -3.42. The maximum atomic E-state index is 12.0. The molecular formula is C22H28N2O6. The Balaban J connectivity index is 1.52. The molecule has 0 radical (unpaired) electrons. The fourth-order valence-electron chi connectivity index (χ4n) is 2.96. The van der Waals surface area contributed by atoms with Crippen molar-refractivity contribution in [1.29, 1.82) is 0 Å². The summed E-state index contributed by atoms with van der Waals surface area (Å²) in [5.74, 6) is -1.73. The zero-order valence-electron chi connectivity index (χ0n) is 16.7. The third-order valence-corrected chi connectivity index (χ3v) is 4.70. The Morgan fingerprint density at radius 1 is 0.733 bits per heavy atom. The monoisotopic (exact) mass is 416 g/mol. The number of rotatable bonds is 11. The minimum Gasteiger partial charge on any atom is -0.504 e. The summed E-state index contributed by atoms with van der Waals surface area (Å²) in [6.07, 6.45) is 4.59. The molecule has 0 saturated carbocycles. The number of phenols is 4. The number of unbranched alkanes of at least 4 members (excludes halogenated alkanes) is 4. The molecule has 6 N–H and O–H groups in total. The molecule has 0 aromatic heterocycles. The molecular weight excluding hydrogens is 388 g/mol. The quantitative estimate of drug-likeness (QED) is 0.246. The number of hydrogen-bond acceptors (Lipinski definition) is 6. The number of hydrogen-bond donors (Lipinski definition) is 6. The van der Waals surface area contributed by atoms with Gasteiger partial charge in [-0.1, -0.05) is 37.5 Å². The van der Waals surface area contributed by atoms with Crippen molar-refractivity contribution in [2.24, 2.45) is 0 Å². The molecule has 0 aliphatic carbocycles. The van der Waals surface area contributed by atoms with Gasteiger partial charge < -0.3 is 31.1 Å². The molecule has 2 aromatic carbocycles. The van der Waals surface area contributed by atoms with Gasteiger partial charge in [0, 0.05) is 25.1 Å². The van der Waals surface area contributed by atoms with Gasteiger partial charge in [-0.05, 0) is 31.0 Å². The molecule has 0 atom stereocenters. The van der Waals surface area contributed by atoms with Gasteiger partial charge in [0.2, 0.25) is 5.91 Å². The number of nitrogens with one attached hydrogen (secondary N) is 2. The lowest BCUT2D eigenvalue weighted by atomic mass is 10.1. The molecule has 0 saturated heterocycles. The lowest BCUT2D eigenvalue weighted by Gasteiger charge is -2.08. The number of amides is 2. The summed E-state index contributed by atoms with van der Waals surface area (Å²) in [5.41, 5.74) is 0.504. The highest BCUT2D eigenvalue weighted by atomic mass is 16.3. The Morgan fingerprint density at radius 2 is 1.37 bits per heavy atom. The molecule has 0 fully saturated rings. The zero-order valence-corrected chi connectivity index (χ0v) is 16.7. The van der Waals surface area contributed by atoms with Crippen molar-refractivity contribution in [2.75, 3.05) is 6.54 Å². The predicted molar refractivity (Wildman–Crippen MR) is 111 cm³/mol. The van der Waals surface area contributed by atoms with Crippen LogP contribution in [-0.4, -0.2) is 38.8 Å². The van der Waals surface area contributed by atoms with Crippen LogP contribution in [0.2, 0.25) is 0 Å². The average molecular weight is 416 g/mol. The van der Waals surface area contributed by atoms with E-state index >= 15 is 0 Å². The molecule has 8 nitrogen and oxygen atoms in total. The van der Waals surface area contributed by atoms with Crippen molar-refractivity contribution >= 4 is 11.8 Å². The van der Waals surface area contributed by atoms with Crippen molar-refractivity contribution in [2.45, 2.75) is 45.1 Å². The van der Waals surface area contributed by atoms with Crippen LogP contribution in [0.15, 0.2) is 36.4 Å². The number of benzene rings is 2. The first-order valence-electron chi connectivity index (χ1n) is 9.95. The van der Waals surface area contributed by atoms with E-state index in [0.29, 0.717) is 18.5 Å². The Morgan fingerprint density at radius 3 is 2.13 bits per heavy atom. The summed E-state index contributed by atoms with van der Waals surface area (Å²) in [6, 6.07) is 8.86. The summed E-state index contributed by atoms with van der Waals surface area (Å²) < 4.78 is 0. The summed E-state index contributed by atoms with van der Waals surface area (Å²) in [6.45, 7) is 0.620. The van der Waals surface area contributed by atoms with E-state index in [1.165, 1.54) is 24.3 Å². The minimum absolute atomic E-state index is 0.0417. The Kier molecular flexibility index (Phi) is 8.80. The van der Waals surface area contributed by atoms with E-state index in [1.807, 2.05) is 0 Å². The molecule has 0 heterocycles. The van der Waals surface area contributed by atoms with Gasteiger partial charge in [0.15, 0.2) is 23.0 Å². The lowest BCUT2D eigenvalue weighted by Crippen LogP contribution is -2.24. The third kappa shape index (κ3) is 6.88. The standard InChI is InChI=1S/C22H28N2O6/c25-17-10-6-8-15(20(17)28)14-24-19(27)12-4-2-1-3-5-13-23-22(30)16-9-7-11-18(26)21(16)29/h6-11,25-26,28-29H,1-5,12-14H2,(H,23,30)(H,24,27). The first-order valence-corrected chi connectivity index (χ1v) is 9.95. The van der Waals surface area contributed by atoms with E-state index in [-0.39, 0.29) is 35.3 Å². The highest BCUT2D eigenvalue weighted by molar-refractivity contribution is 5.97. The van der Waals surface area contributed by atoms with Gasteiger partial charge in [-0.15, -0.1) is 0 Å². The molecule has 162 valence electrons. The predicted octanol–water partition coefficient (Wildman–Crippen LogP) is 2.90. The summed E-state index contributed by atoms with van der Waals surface area (Å²) in [7, 11) is 0. The summed E-state index contributed by atoms with van der Waals surface area (Å²) >= 11 is 0. The second-order valence-electron chi connectivity index (χ2n) is 7.01. The van der Waals surface area contributed by atoms with Crippen LogP contribution in [0.25, 0.3) is 0 Å². The summed E-state index contributed by atoms with van der Waals surface area (Å²) in [4.78, 5) is 23.8. The van der Waals surface area contributed by atoms with Crippen molar-refractivity contribution in [3.05, 3.63) is 47.5 Å². The molecule has 0 aliphatic rings. The van der Waals surface area contributed by atoms with E-state index in [1.54, 1.807) is 12.1 Å². The largest absolute Gasteiger partial charge is 0.504 e. The van der Waals surface area contributed by atoms with Crippen LogP contribution >= 0.6 is 0 Å². The molecule has 0 unspecified atom stereocenters. The Labute approximate surface area is 175 Å². The first kappa shape index (κ1) is 22.9. The molecule has 2 amide bonds. The zero-order chi connectivity index (χ0) is 21.9. The third-order valence-electron chi connectivity index (χ3n) is 4.70. The molecule has 0 bridgehead atoms. The highest BCUT2D eigenvalue weighted by Crippen LogP contribution is 2.28. The number of aromatic hydroxyl groups is 4. The maximum Gasteiger partial charge on any atom is 0.255 e. The van der Waals surface area contributed by atoms with Crippen molar-refractivity contribution in [1.82, 2.24) is 10.6 Å². The van der Waals surface area contributed by atoms with Gasteiger partial charge in [-0.3, -0.25) is 9.59 Å². The fraction of sp³-hybridized carbons (Fsp3) is 0.364. The van der Waals surface area contributed by atoms with Crippen molar-refractivity contribution in [3.8, 4) is 23.0 Å². The molecule has 8 heteroatoms. The van der Waals surface area contributed by atoms with E-state index in [4.69, 9.17) is 0 Å². The van der Waals surface area contributed by atoms with Gasteiger partial charge >= 0.3 is 0 Å². The van der Waals surface area contributed by atoms with E-state index in [0.717, 1.165) is 32.1 Å². The number of carbonyl (C=O) groups is 2. The smallest absolute Gasteiger partial charge is 0.255 e. The van der Waals surface area contributed by atoms with Gasteiger partial charge in [-0.25, -0.2) is 0 Å². The summed E-state index contributed by atoms with van der Waals surface area (Å²) in [5, 5.41) is 43.6. The average Bonchev–Trinajstić information content (AvgIpc) is 2.72. The van der Waals surface area contributed by atoms with Crippen LogP contribution in [0.5, 0.6) is 23.0 Å². The van der Waals surface area contributed by atoms with E-state index < -0.39 is 11.7 Å². The van der Waals surface area contributed by atoms with E-state index in [2.05, 4.69) is 10.6 Å². The van der Waals surface area contributed by atoms with Crippen molar-refractivity contribution in [3.63, 3.8) is 0 Å². The molecule has 2 aromatic rings. The van der Waals surface area contributed by atoms with Crippen LogP contribution in [0, 0.1) is 0 Å². The number of phenolic OH excluding ortho intramolecular Hbond substituents is 4. The number of carbonyl (C=O) groups excluding carboxylic acids is 2. The maximum absolute atomic E-state index is 12.0. The van der Waals surface area contributed by atoms with E-state index in [9.17, 15) is 30.0 Å². The minimum atomic E-state index is -0.433. The second-order valence-corrected chi connectivity index (χ2v) is 7.01. The fourth-order valence-corrected chi connectivity index (χ4v) is 2.96. The van der Waals surface area contributed by atoms with Gasteiger partial charge in [0.1, 0.15) is 0 Å². The van der Waals surface area contributed by atoms with Crippen LogP contribution in [0.4, 0.5) is 0 Å². The van der Waals surface area contributed by atoms with Crippen LogP contribution in [0.3, 0.4) is 0 Å². The molecule has 30 heavy (non-hydrogen) atoms. The van der Waals surface area contributed by atoms with Gasteiger partial charge in [-0.2, -0.15) is 0 Å². The Bertz CT molecular complexity index is 869.